The third-order valence-electron chi connectivity index (χ3n) is 5.37. The Kier molecular flexibility index (Phi) is 6.02. The van der Waals surface area contributed by atoms with E-state index in [-0.39, 0.29) is 34.7 Å². The molecule has 2 aromatic carbocycles. The summed E-state index contributed by atoms with van der Waals surface area (Å²) in [7, 11) is -2.61. The summed E-state index contributed by atoms with van der Waals surface area (Å²) in [4.78, 5) is 24.4. The number of hydrogen-bond donors (Lipinski definition) is 2. The third-order valence-corrected chi connectivity index (χ3v) is 7.75. The van der Waals surface area contributed by atoms with Crippen molar-refractivity contribution >= 4 is 44.8 Å². The summed E-state index contributed by atoms with van der Waals surface area (Å²) in [6.45, 7) is 1.83. The van der Waals surface area contributed by atoms with Crippen molar-refractivity contribution in [3.8, 4) is 11.5 Å². The number of ether oxygens (including phenoxy) is 2. The quantitative estimate of drug-likeness (QED) is 0.681. The maximum Gasteiger partial charge on any atom is 0.262 e. The first kappa shape index (κ1) is 22.4. The van der Waals surface area contributed by atoms with E-state index in [1.54, 1.807) is 12.1 Å². The van der Waals surface area contributed by atoms with Gasteiger partial charge in [0.25, 0.3) is 5.91 Å². The first-order valence-electron chi connectivity index (χ1n) is 9.94. The van der Waals surface area contributed by atoms with Gasteiger partial charge in [0.05, 0.1) is 23.5 Å². The number of halogens is 1. The van der Waals surface area contributed by atoms with E-state index in [1.165, 1.54) is 19.2 Å². The van der Waals surface area contributed by atoms with Crippen LogP contribution in [0.25, 0.3) is 0 Å². The van der Waals surface area contributed by atoms with E-state index >= 15 is 0 Å². The molecule has 4 rings (SSSR count). The minimum absolute atomic E-state index is 0.0686. The lowest BCUT2D eigenvalue weighted by molar-refractivity contribution is -0.119. The highest BCUT2D eigenvalue weighted by Gasteiger charge is 2.41. The SMILES string of the molecule is COc1ccc(C)cc1NC(=O)C1CCCN1S(=O)(=O)c1cc2c(cc1Cl)NC(=O)CO2. The fourth-order valence-corrected chi connectivity index (χ4v) is 6.01. The summed E-state index contributed by atoms with van der Waals surface area (Å²) in [5.41, 5.74) is 1.69. The molecule has 32 heavy (non-hydrogen) atoms. The molecule has 1 atom stereocenters. The second-order valence-electron chi connectivity index (χ2n) is 7.58. The number of fused-ring (bicyclic) bond motifs is 1. The molecule has 170 valence electrons. The van der Waals surface area contributed by atoms with E-state index in [4.69, 9.17) is 21.1 Å². The van der Waals surface area contributed by atoms with Crippen molar-refractivity contribution in [2.75, 3.05) is 30.9 Å². The number of nitrogens with zero attached hydrogens (tertiary/aromatic N) is 1. The van der Waals surface area contributed by atoms with E-state index < -0.39 is 22.0 Å². The molecule has 2 N–H and O–H groups in total. The Morgan fingerprint density at radius 2 is 2.09 bits per heavy atom. The first-order valence-corrected chi connectivity index (χ1v) is 11.8. The van der Waals surface area contributed by atoms with Gasteiger partial charge >= 0.3 is 0 Å². The van der Waals surface area contributed by atoms with Gasteiger partial charge in [-0.2, -0.15) is 4.31 Å². The van der Waals surface area contributed by atoms with E-state index in [9.17, 15) is 18.0 Å². The molecule has 0 saturated carbocycles. The van der Waals surface area contributed by atoms with Gasteiger partial charge in [-0.3, -0.25) is 9.59 Å². The highest BCUT2D eigenvalue weighted by Crippen LogP contribution is 2.38. The molecule has 0 bridgehead atoms. The van der Waals surface area contributed by atoms with Gasteiger partial charge in [0.1, 0.15) is 22.4 Å². The molecule has 0 aliphatic carbocycles. The van der Waals surface area contributed by atoms with Gasteiger partial charge in [-0.15, -0.1) is 0 Å². The number of carbonyl (C=O) groups is 2. The molecule has 0 aromatic heterocycles. The zero-order valence-electron chi connectivity index (χ0n) is 17.5. The zero-order valence-corrected chi connectivity index (χ0v) is 19.0. The molecule has 0 spiro atoms. The number of amides is 2. The van der Waals surface area contributed by atoms with Gasteiger partial charge in [-0.1, -0.05) is 17.7 Å². The van der Waals surface area contributed by atoms with Crippen molar-refractivity contribution < 1.29 is 27.5 Å². The minimum Gasteiger partial charge on any atom is -0.495 e. The fourth-order valence-electron chi connectivity index (χ4n) is 3.83. The van der Waals surface area contributed by atoms with Gasteiger partial charge in [0.2, 0.25) is 15.9 Å². The third kappa shape index (κ3) is 4.13. The lowest BCUT2D eigenvalue weighted by Gasteiger charge is -2.25. The van der Waals surface area contributed by atoms with Crippen LogP contribution in [0.15, 0.2) is 35.2 Å². The molecule has 2 aliphatic rings. The average molecular weight is 480 g/mol. The minimum atomic E-state index is -4.11. The van der Waals surface area contributed by atoms with Gasteiger partial charge in [-0.25, -0.2) is 8.42 Å². The molecule has 1 saturated heterocycles. The number of hydrogen-bond acceptors (Lipinski definition) is 6. The first-order chi connectivity index (χ1) is 15.2. The molecule has 1 unspecified atom stereocenters. The second-order valence-corrected chi connectivity index (χ2v) is 9.85. The lowest BCUT2D eigenvalue weighted by atomic mass is 10.1. The summed E-state index contributed by atoms with van der Waals surface area (Å²) in [5.74, 6) is -0.120. The molecular formula is C21H22ClN3O6S. The molecule has 1 fully saturated rings. The Morgan fingerprint density at radius 1 is 1.31 bits per heavy atom. The van der Waals surface area contributed by atoms with Crippen molar-refractivity contribution in [2.24, 2.45) is 0 Å². The largest absolute Gasteiger partial charge is 0.495 e. The fraction of sp³-hybridized carbons (Fsp3) is 0.333. The predicted octanol–water partition coefficient (Wildman–Crippen LogP) is 2.78. The van der Waals surface area contributed by atoms with Crippen molar-refractivity contribution in [3.05, 3.63) is 40.9 Å². The highest BCUT2D eigenvalue weighted by atomic mass is 35.5. The van der Waals surface area contributed by atoms with Crippen LogP contribution in [0.4, 0.5) is 11.4 Å². The highest BCUT2D eigenvalue weighted by molar-refractivity contribution is 7.89. The normalized spacial score (nSPS) is 18.5. The number of rotatable bonds is 5. The molecule has 2 aliphatic heterocycles. The van der Waals surface area contributed by atoms with Crippen LogP contribution in [-0.2, 0) is 19.6 Å². The van der Waals surface area contributed by atoms with Crippen LogP contribution in [0.2, 0.25) is 5.02 Å². The number of carbonyl (C=O) groups excluding carboxylic acids is 2. The Balaban J connectivity index is 1.62. The summed E-state index contributed by atoms with van der Waals surface area (Å²) in [6, 6.07) is 7.06. The maximum atomic E-state index is 13.4. The van der Waals surface area contributed by atoms with Crippen molar-refractivity contribution in [2.45, 2.75) is 30.7 Å². The van der Waals surface area contributed by atoms with Crippen molar-refractivity contribution in [3.63, 3.8) is 0 Å². The number of sulfonamides is 1. The summed E-state index contributed by atoms with van der Waals surface area (Å²) < 4.78 is 38.7. The smallest absolute Gasteiger partial charge is 0.262 e. The number of anilines is 2. The molecule has 2 amide bonds. The topological polar surface area (TPSA) is 114 Å². The second kappa shape index (κ2) is 8.61. The Hall–Kier alpha value is -2.82. The Labute approximate surface area is 190 Å². The number of benzene rings is 2. The monoisotopic (exact) mass is 479 g/mol. The molecular weight excluding hydrogens is 458 g/mol. The summed E-state index contributed by atoms with van der Waals surface area (Å²) in [5, 5.41) is 5.31. The van der Waals surface area contributed by atoms with Gasteiger partial charge < -0.3 is 20.1 Å². The summed E-state index contributed by atoms with van der Waals surface area (Å²) >= 11 is 6.26. The molecule has 0 radical (unpaired) electrons. The van der Waals surface area contributed by atoms with Gasteiger partial charge in [-0.05, 0) is 43.5 Å². The predicted molar refractivity (Wildman–Crippen MR) is 119 cm³/mol. The number of nitrogens with one attached hydrogen (secondary N) is 2. The number of aryl methyl sites for hydroxylation is 1. The molecule has 9 nitrogen and oxygen atoms in total. The van der Waals surface area contributed by atoms with E-state index in [2.05, 4.69) is 10.6 Å². The summed E-state index contributed by atoms with van der Waals surface area (Å²) in [6.07, 6.45) is 0.895. The van der Waals surface area contributed by atoms with Crippen LogP contribution in [-0.4, -0.2) is 50.8 Å². The lowest BCUT2D eigenvalue weighted by Crippen LogP contribution is -2.43. The van der Waals surface area contributed by atoms with E-state index in [1.807, 2.05) is 13.0 Å². The average Bonchev–Trinajstić information content (AvgIpc) is 3.24. The number of methoxy groups -OCH3 is 1. The van der Waals surface area contributed by atoms with Crippen LogP contribution in [0.3, 0.4) is 0 Å². The maximum absolute atomic E-state index is 13.4. The van der Waals surface area contributed by atoms with Crippen molar-refractivity contribution in [1.29, 1.82) is 0 Å². The molecule has 11 heteroatoms. The Bertz CT molecular complexity index is 1200. The van der Waals surface area contributed by atoms with Crippen molar-refractivity contribution in [1.82, 2.24) is 4.31 Å². The molecule has 2 heterocycles. The van der Waals surface area contributed by atoms with Crippen LogP contribution in [0, 0.1) is 6.92 Å². The Morgan fingerprint density at radius 3 is 2.84 bits per heavy atom. The van der Waals surface area contributed by atoms with E-state index in [0.29, 0.717) is 30.0 Å². The molecule has 2 aromatic rings. The van der Waals surface area contributed by atoms with Crippen LogP contribution in [0.1, 0.15) is 18.4 Å². The van der Waals surface area contributed by atoms with E-state index in [0.717, 1.165) is 9.87 Å². The standard InChI is InChI=1S/C21H22ClN3O6S/c1-12-5-6-17(30-2)14(8-12)24-21(27)16-4-3-7-25(16)32(28,29)19-10-18-15(9-13(19)22)23-20(26)11-31-18/h5-6,8-10,16H,3-4,7,11H2,1-2H3,(H,23,26)(H,24,27). The zero-order chi connectivity index (χ0) is 23.0. The van der Waals surface area contributed by atoms with Crippen LogP contribution in [0.5, 0.6) is 11.5 Å². The van der Waals surface area contributed by atoms with Gasteiger partial charge in [0, 0.05) is 12.6 Å². The van der Waals surface area contributed by atoms with Gasteiger partial charge in [0.15, 0.2) is 6.61 Å². The van der Waals surface area contributed by atoms with Crippen LogP contribution < -0.4 is 20.1 Å². The van der Waals surface area contributed by atoms with Crippen LogP contribution >= 0.6 is 11.6 Å².